The molecule has 1 amide bonds. The first-order valence-corrected chi connectivity index (χ1v) is 10.6. The first-order valence-electron chi connectivity index (χ1n) is 10.6. The normalized spacial score (nSPS) is 18.1. The molecule has 0 unspecified atom stereocenters. The van der Waals surface area contributed by atoms with Gasteiger partial charge in [-0.05, 0) is 23.3 Å². The maximum Gasteiger partial charge on any atom is 0.260 e. The molecule has 2 aliphatic heterocycles. The van der Waals surface area contributed by atoms with Gasteiger partial charge in [-0.25, -0.2) is 0 Å². The Hall–Kier alpha value is -3.11. The number of likely N-dealkylation sites (tertiary alicyclic amines) is 1. The molecule has 152 valence electrons. The van der Waals surface area contributed by atoms with Crippen LogP contribution in [0.2, 0.25) is 0 Å². The minimum absolute atomic E-state index is 0.0669. The quantitative estimate of drug-likeness (QED) is 0.638. The van der Waals surface area contributed by atoms with Gasteiger partial charge in [-0.3, -0.25) is 14.6 Å². The topological polar surface area (TPSA) is 32.8 Å². The third-order valence-corrected chi connectivity index (χ3v) is 6.22. The van der Waals surface area contributed by atoms with Crippen LogP contribution in [0.3, 0.4) is 0 Å². The Bertz CT molecular complexity index is 1010. The zero-order valence-corrected chi connectivity index (χ0v) is 17.0. The van der Waals surface area contributed by atoms with E-state index in [9.17, 15) is 4.79 Å². The van der Waals surface area contributed by atoms with Gasteiger partial charge in [0.15, 0.2) is 5.72 Å². The van der Waals surface area contributed by atoms with Crippen molar-refractivity contribution < 1.29 is 9.53 Å². The first-order chi connectivity index (χ1) is 14.7. The van der Waals surface area contributed by atoms with Gasteiger partial charge in [0.1, 0.15) is 5.75 Å². The van der Waals surface area contributed by atoms with E-state index >= 15 is 0 Å². The molecular weight excluding hydrogens is 372 g/mol. The molecule has 1 fully saturated rings. The summed E-state index contributed by atoms with van der Waals surface area (Å²) in [6.45, 7) is 3.29. The summed E-state index contributed by atoms with van der Waals surface area (Å²) < 4.78 is 6.59. The third kappa shape index (κ3) is 3.59. The smallest absolute Gasteiger partial charge is 0.260 e. The lowest BCUT2D eigenvalue weighted by Crippen LogP contribution is -2.62. The lowest BCUT2D eigenvalue weighted by molar-refractivity contribution is -0.115. The number of hydrogen-bond acceptors (Lipinski definition) is 3. The SMILES string of the molecule is O=C1c2ccccc2OC2(CCN(Cc3ccccc3)CC2)N1Cc1ccccc1. The fraction of sp³-hybridized carbons (Fsp3) is 0.269. The average Bonchev–Trinajstić information content (AvgIpc) is 2.80. The summed E-state index contributed by atoms with van der Waals surface area (Å²) in [4.78, 5) is 17.9. The van der Waals surface area contributed by atoms with Crippen molar-refractivity contribution in [2.24, 2.45) is 0 Å². The minimum atomic E-state index is -0.589. The van der Waals surface area contributed by atoms with Crippen LogP contribution >= 0.6 is 0 Å². The van der Waals surface area contributed by atoms with E-state index < -0.39 is 5.72 Å². The highest BCUT2D eigenvalue weighted by atomic mass is 16.5. The van der Waals surface area contributed by atoms with Crippen LogP contribution in [-0.2, 0) is 13.1 Å². The zero-order chi connectivity index (χ0) is 20.4. The Morgan fingerprint density at radius 1 is 0.733 bits per heavy atom. The molecule has 5 rings (SSSR count). The molecule has 0 aromatic heterocycles. The van der Waals surface area contributed by atoms with Crippen molar-refractivity contribution in [1.82, 2.24) is 9.80 Å². The van der Waals surface area contributed by atoms with Crippen LogP contribution in [0, 0.1) is 0 Å². The number of para-hydroxylation sites is 1. The number of hydrogen-bond donors (Lipinski definition) is 0. The van der Waals surface area contributed by atoms with E-state index in [-0.39, 0.29) is 5.91 Å². The summed E-state index contributed by atoms with van der Waals surface area (Å²) in [6, 6.07) is 28.4. The zero-order valence-electron chi connectivity index (χ0n) is 17.0. The highest BCUT2D eigenvalue weighted by Gasteiger charge is 2.48. The Labute approximate surface area is 177 Å². The predicted octanol–water partition coefficient (Wildman–Crippen LogP) is 4.71. The summed E-state index contributed by atoms with van der Waals surface area (Å²) in [6.07, 6.45) is 1.60. The van der Waals surface area contributed by atoms with E-state index in [0.29, 0.717) is 17.9 Å². The minimum Gasteiger partial charge on any atom is -0.467 e. The van der Waals surface area contributed by atoms with Gasteiger partial charge in [-0.1, -0.05) is 72.8 Å². The predicted molar refractivity (Wildman–Crippen MR) is 117 cm³/mol. The summed E-state index contributed by atoms with van der Waals surface area (Å²) in [5, 5.41) is 0. The molecule has 0 aliphatic carbocycles. The van der Waals surface area contributed by atoms with E-state index in [1.807, 2.05) is 47.4 Å². The number of rotatable bonds is 4. The molecular formula is C26H26N2O2. The third-order valence-electron chi connectivity index (χ3n) is 6.22. The van der Waals surface area contributed by atoms with Crippen LogP contribution in [0.15, 0.2) is 84.9 Å². The molecule has 3 aromatic carbocycles. The van der Waals surface area contributed by atoms with Gasteiger partial charge in [0, 0.05) is 39.0 Å². The summed E-state index contributed by atoms with van der Waals surface area (Å²) in [5.74, 6) is 0.778. The number of carbonyl (C=O) groups is 1. The lowest BCUT2D eigenvalue weighted by atomic mass is 9.93. The first kappa shape index (κ1) is 18.9. The highest BCUT2D eigenvalue weighted by Crippen LogP contribution is 2.40. The number of benzene rings is 3. The number of carbonyl (C=O) groups excluding carboxylic acids is 1. The van der Waals surface area contributed by atoms with Gasteiger partial charge in [-0.2, -0.15) is 0 Å². The molecule has 0 bridgehead atoms. The van der Waals surface area contributed by atoms with Crippen LogP contribution in [0.4, 0.5) is 0 Å². The number of nitrogens with zero attached hydrogens (tertiary/aromatic N) is 2. The second-order valence-electron chi connectivity index (χ2n) is 8.18. The van der Waals surface area contributed by atoms with Gasteiger partial charge < -0.3 is 4.74 Å². The van der Waals surface area contributed by atoms with E-state index in [1.54, 1.807) is 0 Å². The van der Waals surface area contributed by atoms with E-state index in [1.165, 1.54) is 5.56 Å². The van der Waals surface area contributed by atoms with Crippen LogP contribution in [0.1, 0.15) is 34.3 Å². The van der Waals surface area contributed by atoms with Crippen molar-refractivity contribution in [1.29, 1.82) is 0 Å². The van der Waals surface area contributed by atoms with Gasteiger partial charge in [0.2, 0.25) is 0 Å². The van der Waals surface area contributed by atoms with Gasteiger partial charge in [-0.15, -0.1) is 0 Å². The fourth-order valence-electron chi connectivity index (χ4n) is 4.58. The second-order valence-corrected chi connectivity index (χ2v) is 8.18. The molecule has 1 spiro atoms. The van der Waals surface area contributed by atoms with E-state index in [4.69, 9.17) is 4.74 Å². The molecule has 1 saturated heterocycles. The van der Waals surface area contributed by atoms with E-state index in [0.717, 1.165) is 38.0 Å². The summed E-state index contributed by atoms with van der Waals surface area (Å²) >= 11 is 0. The van der Waals surface area contributed by atoms with Gasteiger partial charge >= 0.3 is 0 Å². The van der Waals surface area contributed by atoms with Crippen molar-refractivity contribution in [2.45, 2.75) is 31.7 Å². The highest BCUT2D eigenvalue weighted by molar-refractivity contribution is 5.98. The number of ether oxygens (including phenoxy) is 1. The molecule has 30 heavy (non-hydrogen) atoms. The standard InChI is InChI=1S/C26H26N2O2/c29-25-23-13-7-8-14-24(23)30-26(28(25)20-22-11-5-2-6-12-22)15-17-27(18-16-26)19-21-9-3-1-4-10-21/h1-14H,15-20H2. The maximum atomic E-state index is 13.5. The number of fused-ring (bicyclic) bond motifs is 1. The van der Waals surface area contributed by atoms with Crippen molar-refractivity contribution in [3.63, 3.8) is 0 Å². The maximum absolute atomic E-state index is 13.5. The Morgan fingerprint density at radius 3 is 1.97 bits per heavy atom. The molecule has 2 heterocycles. The Kier molecular flexibility index (Phi) is 5.01. The fourth-order valence-corrected chi connectivity index (χ4v) is 4.58. The molecule has 3 aromatic rings. The Balaban J connectivity index is 1.40. The van der Waals surface area contributed by atoms with Gasteiger partial charge in [0.25, 0.3) is 5.91 Å². The Morgan fingerprint density at radius 2 is 1.30 bits per heavy atom. The molecule has 4 nitrogen and oxygen atoms in total. The van der Waals surface area contributed by atoms with Crippen molar-refractivity contribution >= 4 is 5.91 Å². The van der Waals surface area contributed by atoms with Crippen LogP contribution in [0.25, 0.3) is 0 Å². The molecule has 2 aliphatic rings. The van der Waals surface area contributed by atoms with E-state index in [2.05, 4.69) is 47.4 Å². The number of amides is 1. The number of piperidine rings is 1. The largest absolute Gasteiger partial charge is 0.467 e. The molecule has 0 radical (unpaired) electrons. The van der Waals surface area contributed by atoms with Crippen LogP contribution in [-0.4, -0.2) is 34.5 Å². The van der Waals surface area contributed by atoms with Crippen molar-refractivity contribution in [3.8, 4) is 5.75 Å². The summed E-state index contributed by atoms with van der Waals surface area (Å²) in [5.41, 5.74) is 2.51. The lowest BCUT2D eigenvalue weighted by Gasteiger charge is -2.51. The van der Waals surface area contributed by atoms with Crippen LogP contribution in [0.5, 0.6) is 5.75 Å². The second kappa shape index (κ2) is 7.96. The molecule has 0 atom stereocenters. The van der Waals surface area contributed by atoms with Gasteiger partial charge in [0.05, 0.1) is 5.56 Å². The average molecular weight is 399 g/mol. The molecule has 4 heteroatoms. The van der Waals surface area contributed by atoms with Crippen molar-refractivity contribution in [3.05, 3.63) is 102 Å². The monoisotopic (exact) mass is 398 g/mol. The molecule has 0 N–H and O–H groups in total. The van der Waals surface area contributed by atoms with Crippen molar-refractivity contribution in [2.75, 3.05) is 13.1 Å². The molecule has 0 saturated carbocycles. The summed E-state index contributed by atoms with van der Waals surface area (Å²) in [7, 11) is 0. The van der Waals surface area contributed by atoms with Crippen LogP contribution < -0.4 is 4.74 Å².